The molecule has 1 aliphatic heterocycles. The summed E-state index contributed by atoms with van der Waals surface area (Å²) < 4.78 is 8.46. The molecule has 4 rings (SSSR count). The van der Waals surface area contributed by atoms with Crippen molar-refractivity contribution < 1.29 is 9.53 Å². The molecular formula is C19H17BrN6O2. The molecule has 9 heteroatoms. The summed E-state index contributed by atoms with van der Waals surface area (Å²) in [6, 6.07) is 14.9. The Hall–Kier alpha value is -3.20. The van der Waals surface area contributed by atoms with Gasteiger partial charge in [-0.3, -0.25) is 4.79 Å². The monoisotopic (exact) mass is 440 g/mol. The van der Waals surface area contributed by atoms with Crippen molar-refractivity contribution >= 4 is 27.8 Å². The van der Waals surface area contributed by atoms with Gasteiger partial charge in [0.05, 0.1) is 5.57 Å². The molecule has 0 aliphatic carbocycles. The van der Waals surface area contributed by atoms with E-state index >= 15 is 0 Å². The maximum Gasteiger partial charge on any atom is 0.248 e. The predicted molar refractivity (Wildman–Crippen MR) is 106 cm³/mol. The van der Waals surface area contributed by atoms with Crippen LogP contribution in [0.15, 0.2) is 64.3 Å². The molecule has 0 spiro atoms. The molecule has 8 nitrogen and oxygen atoms in total. The molecule has 0 saturated carbocycles. The smallest absolute Gasteiger partial charge is 0.248 e. The zero-order valence-corrected chi connectivity index (χ0v) is 16.5. The number of carbonyl (C=O) groups excluding carboxylic acids is 1. The van der Waals surface area contributed by atoms with Gasteiger partial charge >= 0.3 is 0 Å². The molecule has 3 aromatic rings. The number of benzene rings is 2. The number of carbonyl (C=O) groups is 1. The first-order chi connectivity index (χ1) is 13.5. The molecule has 28 heavy (non-hydrogen) atoms. The molecule has 1 aliphatic rings. The Morgan fingerprint density at radius 3 is 2.82 bits per heavy atom. The standard InChI is InChI=1S/C19H17BrN6O2/c1-11-16(18(21)27)17(26-19(22-11)23-24-25-26)14-9-13(20)7-8-15(14)28-10-12-5-3-2-4-6-12/h2-9,17H,10H2,1H3,(H2,21,27)(H,22,23,25). The second-order valence-corrected chi connectivity index (χ2v) is 7.25. The molecule has 2 aromatic carbocycles. The van der Waals surface area contributed by atoms with Crippen LogP contribution in [0.5, 0.6) is 5.75 Å². The van der Waals surface area contributed by atoms with Crippen molar-refractivity contribution in [2.24, 2.45) is 5.73 Å². The number of nitrogens with one attached hydrogen (secondary N) is 1. The Kier molecular flexibility index (Phi) is 4.82. The van der Waals surface area contributed by atoms with Gasteiger partial charge < -0.3 is 15.8 Å². The van der Waals surface area contributed by atoms with Crippen LogP contribution in [0.4, 0.5) is 5.95 Å². The first-order valence-corrected chi connectivity index (χ1v) is 9.35. The maximum absolute atomic E-state index is 12.2. The number of fused-ring (bicyclic) bond motifs is 1. The molecule has 2 heterocycles. The van der Waals surface area contributed by atoms with E-state index in [0.717, 1.165) is 15.6 Å². The molecule has 0 radical (unpaired) electrons. The normalized spacial score (nSPS) is 15.7. The number of halogens is 1. The van der Waals surface area contributed by atoms with Crippen molar-refractivity contribution in [3.8, 4) is 5.75 Å². The van der Waals surface area contributed by atoms with Gasteiger partial charge in [0, 0.05) is 15.7 Å². The van der Waals surface area contributed by atoms with Gasteiger partial charge in [0.15, 0.2) is 0 Å². The third kappa shape index (κ3) is 3.36. The summed E-state index contributed by atoms with van der Waals surface area (Å²) in [5.41, 5.74) is 8.44. The van der Waals surface area contributed by atoms with Crippen LogP contribution in [-0.4, -0.2) is 26.1 Å². The van der Waals surface area contributed by atoms with E-state index in [1.54, 1.807) is 6.92 Å². The second-order valence-electron chi connectivity index (χ2n) is 6.33. The summed E-state index contributed by atoms with van der Waals surface area (Å²) in [6.45, 7) is 2.16. The van der Waals surface area contributed by atoms with E-state index in [9.17, 15) is 4.79 Å². The van der Waals surface area contributed by atoms with Gasteiger partial charge in [-0.1, -0.05) is 51.4 Å². The lowest BCUT2D eigenvalue weighted by atomic mass is 9.94. The zero-order valence-electron chi connectivity index (χ0n) is 15.0. The van der Waals surface area contributed by atoms with Gasteiger partial charge in [-0.05, 0) is 41.1 Å². The van der Waals surface area contributed by atoms with Crippen molar-refractivity contribution in [1.82, 2.24) is 20.2 Å². The molecule has 1 atom stereocenters. The number of aromatic nitrogens is 4. The van der Waals surface area contributed by atoms with Gasteiger partial charge in [-0.25, -0.2) is 0 Å². The van der Waals surface area contributed by atoms with Crippen LogP contribution < -0.4 is 15.8 Å². The largest absolute Gasteiger partial charge is 0.489 e. The summed E-state index contributed by atoms with van der Waals surface area (Å²) in [5, 5.41) is 14.8. The van der Waals surface area contributed by atoms with E-state index in [1.807, 2.05) is 48.5 Å². The van der Waals surface area contributed by atoms with E-state index in [-0.39, 0.29) is 0 Å². The van der Waals surface area contributed by atoms with Crippen LogP contribution in [0.3, 0.4) is 0 Å². The van der Waals surface area contributed by atoms with E-state index in [0.29, 0.717) is 29.6 Å². The molecule has 0 fully saturated rings. The van der Waals surface area contributed by atoms with Crippen LogP contribution in [0, 0.1) is 0 Å². The highest BCUT2D eigenvalue weighted by Gasteiger charge is 2.34. The van der Waals surface area contributed by atoms with E-state index in [1.165, 1.54) is 4.68 Å². The minimum atomic E-state index is -0.605. The Bertz CT molecular complexity index is 1060. The Balaban J connectivity index is 1.79. The molecule has 0 bridgehead atoms. The average molecular weight is 441 g/mol. The number of allylic oxidation sites excluding steroid dienone is 1. The number of ether oxygens (including phenoxy) is 1. The highest BCUT2D eigenvalue weighted by molar-refractivity contribution is 9.10. The lowest BCUT2D eigenvalue weighted by Crippen LogP contribution is -2.32. The molecular weight excluding hydrogens is 424 g/mol. The summed E-state index contributed by atoms with van der Waals surface area (Å²) >= 11 is 3.50. The second kappa shape index (κ2) is 7.43. The van der Waals surface area contributed by atoms with Crippen LogP contribution in [0.2, 0.25) is 0 Å². The van der Waals surface area contributed by atoms with E-state index in [2.05, 4.69) is 36.8 Å². The summed E-state index contributed by atoms with van der Waals surface area (Å²) in [6.07, 6.45) is 0. The Morgan fingerprint density at radius 1 is 1.29 bits per heavy atom. The topological polar surface area (TPSA) is 108 Å². The molecule has 1 amide bonds. The number of hydrogen-bond donors (Lipinski definition) is 2. The maximum atomic E-state index is 12.2. The number of tetrazole rings is 1. The fourth-order valence-corrected chi connectivity index (χ4v) is 3.60. The van der Waals surface area contributed by atoms with E-state index in [4.69, 9.17) is 10.5 Å². The summed E-state index contributed by atoms with van der Waals surface area (Å²) in [4.78, 5) is 12.2. The fourth-order valence-electron chi connectivity index (χ4n) is 3.22. The van der Waals surface area contributed by atoms with Crippen LogP contribution in [0.1, 0.15) is 24.1 Å². The SMILES string of the molecule is CC1=C(C(N)=O)C(c2cc(Br)ccc2OCc2ccccc2)n2nnnc2N1. The lowest BCUT2D eigenvalue weighted by Gasteiger charge is -2.28. The van der Waals surface area contributed by atoms with E-state index < -0.39 is 11.9 Å². The van der Waals surface area contributed by atoms with Gasteiger partial charge in [0.2, 0.25) is 11.9 Å². The first kappa shape index (κ1) is 18.2. The lowest BCUT2D eigenvalue weighted by molar-refractivity contribution is -0.115. The Morgan fingerprint density at radius 2 is 2.07 bits per heavy atom. The van der Waals surface area contributed by atoms with Crippen molar-refractivity contribution in [1.29, 1.82) is 0 Å². The highest BCUT2D eigenvalue weighted by atomic mass is 79.9. The van der Waals surface area contributed by atoms with Crippen molar-refractivity contribution in [3.63, 3.8) is 0 Å². The average Bonchev–Trinajstić information content (AvgIpc) is 3.14. The molecule has 1 aromatic heterocycles. The van der Waals surface area contributed by atoms with Gasteiger partial charge in [-0.15, -0.1) is 0 Å². The van der Waals surface area contributed by atoms with Crippen molar-refractivity contribution in [2.45, 2.75) is 19.6 Å². The minimum Gasteiger partial charge on any atom is -0.489 e. The van der Waals surface area contributed by atoms with Crippen LogP contribution >= 0.6 is 15.9 Å². The number of primary amides is 1. The number of amides is 1. The number of nitrogens with zero attached hydrogens (tertiary/aromatic N) is 4. The van der Waals surface area contributed by atoms with Gasteiger partial charge in [-0.2, -0.15) is 4.68 Å². The van der Waals surface area contributed by atoms with Crippen LogP contribution in [-0.2, 0) is 11.4 Å². The Labute approximate surface area is 169 Å². The number of rotatable bonds is 5. The van der Waals surface area contributed by atoms with Crippen LogP contribution in [0.25, 0.3) is 0 Å². The number of nitrogens with two attached hydrogens (primary N) is 1. The quantitative estimate of drug-likeness (QED) is 0.631. The molecule has 3 N–H and O–H groups in total. The minimum absolute atomic E-state index is 0.377. The third-order valence-corrected chi connectivity index (χ3v) is 4.98. The molecule has 1 unspecified atom stereocenters. The van der Waals surface area contributed by atoms with Gasteiger partial charge in [0.25, 0.3) is 0 Å². The molecule has 142 valence electrons. The number of anilines is 1. The van der Waals surface area contributed by atoms with Crippen molar-refractivity contribution in [2.75, 3.05) is 5.32 Å². The summed E-state index contributed by atoms with van der Waals surface area (Å²) in [7, 11) is 0. The zero-order chi connectivity index (χ0) is 19.7. The fraction of sp³-hybridized carbons (Fsp3) is 0.158. The third-order valence-electron chi connectivity index (χ3n) is 4.48. The van der Waals surface area contributed by atoms with Crippen molar-refractivity contribution in [3.05, 3.63) is 75.4 Å². The first-order valence-electron chi connectivity index (χ1n) is 8.56. The molecule has 0 saturated heterocycles. The highest BCUT2D eigenvalue weighted by Crippen LogP contribution is 2.39. The summed E-state index contributed by atoms with van der Waals surface area (Å²) in [5.74, 6) is 0.499. The number of hydrogen-bond acceptors (Lipinski definition) is 6. The van der Waals surface area contributed by atoms with Gasteiger partial charge in [0.1, 0.15) is 18.4 Å². The predicted octanol–water partition coefficient (Wildman–Crippen LogP) is 2.79.